The fourth-order valence-corrected chi connectivity index (χ4v) is 3.76. The van der Waals surface area contributed by atoms with E-state index in [1.54, 1.807) is 18.3 Å². The fraction of sp³-hybridized carbons (Fsp3) is 0. The summed E-state index contributed by atoms with van der Waals surface area (Å²) in [6.45, 7) is 0. The number of fused-ring (bicyclic) bond motifs is 1. The summed E-state index contributed by atoms with van der Waals surface area (Å²) < 4.78 is 0. The maximum atomic E-state index is 12.5. The second-order valence-corrected chi connectivity index (χ2v) is 7.32. The lowest BCUT2D eigenvalue weighted by atomic mass is 10.2. The molecule has 0 saturated carbocycles. The number of anilines is 2. The Bertz CT molecular complexity index is 1170. The third-order valence-electron chi connectivity index (χ3n) is 4.19. The second kappa shape index (κ2) is 8.58. The van der Waals surface area contributed by atoms with E-state index in [0.29, 0.717) is 16.9 Å². The Labute approximate surface area is 172 Å². The van der Waals surface area contributed by atoms with Crippen LogP contribution in [0.2, 0.25) is 0 Å². The molecule has 0 spiro atoms. The zero-order valence-electron chi connectivity index (χ0n) is 15.3. The van der Waals surface area contributed by atoms with Crippen LogP contribution >= 0.6 is 11.8 Å². The summed E-state index contributed by atoms with van der Waals surface area (Å²) in [7, 11) is 0. The first kappa shape index (κ1) is 18.7. The molecule has 0 bridgehead atoms. The monoisotopic (exact) mass is 399 g/mol. The molecule has 29 heavy (non-hydrogen) atoms. The Morgan fingerprint density at radius 2 is 1.34 bits per heavy atom. The molecule has 142 valence electrons. The predicted octanol–water partition coefficient (Wildman–Crippen LogP) is 4.96. The lowest BCUT2D eigenvalue weighted by Gasteiger charge is -2.11. The van der Waals surface area contributed by atoms with Crippen LogP contribution in [0, 0.1) is 0 Å². The van der Waals surface area contributed by atoms with E-state index in [2.05, 4.69) is 15.6 Å². The second-order valence-electron chi connectivity index (χ2n) is 6.20. The van der Waals surface area contributed by atoms with Gasteiger partial charge in [-0.3, -0.25) is 14.6 Å². The number of para-hydroxylation sites is 2. The lowest BCUT2D eigenvalue weighted by molar-refractivity contribution is -0.133. The maximum absolute atomic E-state index is 12.5. The largest absolute Gasteiger partial charge is 0.317 e. The van der Waals surface area contributed by atoms with Crippen LogP contribution in [0.25, 0.3) is 10.9 Å². The van der Waals surface area contributed by atoms with Crippen molar-refractivity contribution in [1.29, 1.82) is 0 Å². The van der Waals surface area contributed by atoms with E-state index >= 15 is 0 Å². The van der Waals surface area contributed by atoms with E-state index in [4.69, 9.17) is 0 Å². The summed E-state index contributed by atoms with van der Waals surface area (Å²) in [5.41, 5.74) is 1.71. The van der Waals surface area contributed by atoms with Crippen molar-refractivity contribution < 1.29 is 9.59 Å². The molecule has 0 aliphatic rings. The van der Waals surface area contributed by atoms with E-state index in [0.717, 1.165) is 15.2 Å². The van der Waals surface area contributed by atoms with Gasteiger partial charge >= 0.3 is 11.8 Å². The average Bonchev–Trinajstić information content (AvgIpc) is 2.76. The number of nitrogens with zero attached hydrogens (tertiary/aromatic N) is 1. The number of carbonyl (C=O) groups excluding carboxylic acids is 2. The average molecular weight is 399 g/mol. The first-order valence-electron chi connectivity index (χ1n) is 8.99. The van der Waals surface area contributed by atoms with Crippen molar-refractivity contribution in [2.45, 2.75) is 9.79 Å². The van der Waals surface area contributed by atoms with E-state index in [1.807, 2.05) is 72.8 Å². The van der Waals surface area contributed by atoms with Gasteiger partial charge in [0, 0.05) is 21.4 Å². The lowest BCUT2D eigenvalue weighted by Crippen LogP contribution is -2.29. The molecular formula is C23H17N3O2S. The van der Waals surface area contributed by atoms with Crippen molar-refractivity contribution >= 4 is 45.9 Å². The summed E-state index contributed by atoms with van der Waals surface area (Å²) in [6, 6.07) is 26.4. The molecule has 0 unspecified atom stereocenters. The summed E-state index contributed by atoms with van der Waals surface area (Å²) >= 11 is 1.52. The summed E-state index contributed by atoms with van der Waals surface area (Å²) in [6.07, 6.45) is 1.65. The van der Waals surface area contributed by atoms with E-state index in [9.17, 15) is 9.59 Å². The number of hydrogen-bond donors (Lipinski definition) is 2. The standard InChI is InChI=1S/C23H17N3O2S/c27-22(23(28)26-19-13-6-8-16-9-7-15-24-21(16)19)25-18-12-4-5-14-20(18)29-17-10-2-1-3-11-17/h1-15H,(H,25,27)(H,26,28). The Balaban J connectivity index is 1.50. The fourth-order valence-electron chi connectivity index (χ4n) is 2.84. The molecule has 0 fully saturated rings. The predicted molar refractivity (Wildman–Crippen MR) is 116 cm³/mol. The van der Waals surface area contributed by atoms with Gasteiger partial charge in [-0.2, -0.15) is 0 Å². The van der Waals surface area contributed by atoms with Crippen LogP contribution in [0.1, 0.15) is 0 Å². The van der Waals surface area contributed by atoms with Crippen molar-refractivity contribution in [3.05, 3.63) is 91.1 Å². The molecule has 0 radical (unpaired) electrons. The van der Waals surface area contributed by atoms with Gasteiger partial charge in [0.25, 0.3) is 0 Å². The van der Waals surface area contributed by atoms with Crippen LogP contribution in [0.15, 0.2) is 101 Å². The highest BCUT2D eigenvalue weighted by Gasteiger charge is 2.17. The van der Waals surface area contributed by atoms with Gasteiger partial charge in [0.2, 0.25) is 0 Å². The van der Waals surface area contributed by atoms with Gasteiger partial charge in [-0.15, -0.1) is 0 Å². The SMILES string of the molecule is O=C(Nc1ccccc1Sc1ccccc1)C(=O)Nc1cccc2cccnc12. The molecule has 1 heterocycles. The number of pyridine rings is 1. The quantitative estimate of drug-likeness (QED) is 0.476. The van der Waals surface area contributed by atoms with Crippen molar-refractivity contribution in [2.24, 2.45) is 0 Å². The van der Waals surface area contributed by atoms with Crippen LogP contribution in [0.3, 0.4) is 0 Å². The Kier molecular flexibility index (Phi) is 5.54. The first-order valence-corrected chi connectivity index (χ1v) is 9.80. The highest BCUT2D eigenvalue weighted by Crippen LogP contribution is 2.33. The van der Waals surface area contributed by atoms with Crippen LogP contribution < -0.4 is 10.6 Å². The van der Waals surface area contributed by atoms with Gasteiger partial charge in [0.05, 0.1) is 16.9 Å². The molecule has 6 heteroatoms. The summed E-state index contributed by atoms with van der Waals surface area (Å²) in [5, 5.41) is 6.25. The van der Waals surface area contributed by atoms with Crippen molar-refractivity contribution in [2.75, 3.05) is 10.6 Å². The smallest absolute Gasteiger partial charge is 0.314 e. The van der Waals surface area contributed by atoms with Gasteiger partial charge in [0.15, 0.2) is 0 Å². The zero-order valence-corrected chi connectivity index (χ0v) is 16.1. The first-order chi connectivity index (χ1) is 14.2. The van der Waals surface area contributed by atoms with Gasteiger partial charge in [0.1, 0.15) is 0 Å². The van der Waals surface area contributed by atoms with Gasteiger partial charge in [-0.05, 0) is 36.4 Å². The van der Waals surface area contributed by atoms with E-state index < -0.39 is 11.8 Å². The Morgan fingerprint density at radius 1 is 0.690 bits per heavy atom. The molecule has 4 aromatic rings. The number of amides is 2. The van der Waals surface area contributed by atoms with Gasteiger partial charge in [-0.25, -0.2) is 0 Å². The Morgan fingerprint density at radius 3 is 2.17 bits per heavy atom. The summed E-state index contributed by atoms with van der Waals surface area (Å²) in [5.74, 6) is -1.48. The molecule has 0 atom stereocenters. The number of nitrogens with one attached hydrogen (secondary N) is 2. The number of aromatic nitrogens is 1. The molecule has 0 aliphatic heterocycles. The Hall–Kier alpha value is -3.64. The van der Waals surface area contributed by atoms with Crippen molar-refractivity contribution in [3.8, 4) is 0 Å². The van der Waals surface area contributed by atoms with Gasteiger partial charge < -0.3 is 10.6 Å². The minimum absolute atomic E-state index is 0.496. The van der Waals surface area contributed by atoms with Crippen LogP contribution in [-0.2, 0) is 9.59 Å². The molecule has 2 amide bonds. The molecule has 0 saturated heterocycles. The number of benzene rings is 3. The topological polar surface area (TPSA) is 71.1 Å². The van der Waals surface area contributed by atoms with E-state index in [-0.39, 0.29) is 0 Å². The van der Waals surface area contributed by atoms with Crippen LogP contribution in [-0.4, -0.2) is 16.8 Å². The van der Waals surface area contributed by atoms with Crippen LogP contribution in [0.5, 0.6) is 0 Å². The normalized spacial score (nSPS) is 10.5. The molecule has 1 aromatic heterocycles. The molecule has 3 aromatic carbocycles. The number of hydrogen-bond acceptors (Lipinski definition) is 4. The molecule has 4 rings (SSSR count). The van der Waals surface area contributed by atoms with Crippen molar-refractivity contribution in [1.82, 2.24) is 4.98 Å². The zero-order chi connectivity index (χ0) is 20.1. The van der Waals surface area contributed by atoms with Crippen LogP contribution in [0.4, 0.5) is 11.4 Å². The third kappa shape index (κ3) is 4.44. The molecule has 5 nitrogen and oxygen atoms in total. The maximum Gasteiger partial charge on any atom is 0.314 e. The van der Waals surface area contributed by atoms with E-state index in [1.165, 1.54) is 11.8 Å². The number of rotatable bonds is 4. The minimum Gasteiger partial charge on any atom is -0.317 e. The molecular weight excluding hydrogens is 382 g/mol. The summed E-state index contributed by atoms with van der Waals surface area (Å²) in [4.78, 5) is 31.2. The third-order valence-corrected chi connectivity index (χ3v) is 5.28. The van der Waals surface area contributed by atoms with Gasteiger partial charge in [-0.1, -0.05) is 60.3 Å². The highest BCUT2D eigenvalue weighted by molar-refractivity contribution is 7.99. The number of carbonyl (C=O) groups is 2. The highest BCUT2D eigenvalue weighted by atomic mass is 32.2. The van der Waals surface area contributed by atoms with Crippen molar-refractivity contribution in [3.63, 3.8) is 0 Å². The minimum atomic E-state index is -0.748. The molecule has 0 aliphatic carbocycles. The molecule has 2 N–H and O–H groups in total.